The summed E-state index contributed by atoms with van der Waals surface area (Å²) in [5, 5.41) is 16.7. The Morgan fingerprint density at radius 1 is 1.38 bits per heavy atom. The second kappa shape index (κ2) is 5.34. The minimum absolute atomic E-state index is 0.0354. The topological polar surface area (TPSA) is 76.2 Å². The summed E-state index contributed by atoms with van der Waals surface area (Å²) < 4.78 is 5.45. The predicted octanol–water partition coefficient (Wildman–Crippen LogP) is 2.29. The van der Waals surface area contributed by atoms with E-state index < -0.39 is 5.97 Å². The molecule has 1 saturated carbocycles. The molecule has 2 rings (SSSR count). The van der Waals surface area contributed by atoms with Crippen LogP contribution in [0.3, 0.4) is 0 Å². The van der Waals surface area contributed by atoms with E-state index in [2.05, 4.69) is 10.2 Å². The van der Waals surface area contributed by atoms with Crippen molar-refractivity contribution in [1.82, 2.24) is 10.2 Å². The molecule has 0 saturated heterocycles. The number of rotatable bonds is 4. The van der Waals surface area contributed by atoms with Crippen LogP contribution in [0.4, 0.5) is 0 Å². The molecule has 0 unspecified atom stereocenters. The lowest BCUT2D eigenvalue weighted by atomic mass is 9.89. The van der Waals surface area contributed by atoms with E-state index in [1.807, 2.05) is 0 Å². The second-order valence-corrected chi connectivity index (χ2v) is 4.85. The Kier molecular flexibility index (Phi) is 3.82. The maximum atomic E-state index is 10.4. The van der Waals surface area contributed by atoms with Gasteiger partial charge in [0.2, 0.25) is 5.89 Å². The highest BCUT2D eigenvalue weighted by Gasteiger charge is 2.21. The van der Waals surface area contributed by atoms with Crippen molar-refractivity contribution in [3.8, 4) is 0 Å². The normalized spacial score (nSPS) is 17.5. The Hall–Kier alpha value is -1.04. The van der Waals surface area contributed by atoms with Gasteiger partial charge in [-0.05, 0) is 12.8 Å². The fourth-order valence-corrected chi connectivity index (χ4v) is 2.41. The summed E-state index contributed by atoms with van der Waals surface area (Å²) in [6.45, 7) is 0. The molecule has 16 heavy (non-hydrogen) atoms. The number of carboxylic acids is 1. The van der Waals surface area contributed by atoms with Crippen LogP contribution >= 0.6 is 11.8 Å². The fourth-order valence-electron chi connectivity index (χ4n) is 1.92. The first-order valence-corrected chi connectivity index (χ1v) is 6.42. The van der Waals surface area contributed by atoms with Gasteiger partial charge in [0.05, 0.1) is 0 Å². The monoisotopic (exact) mass is 242 g/mol. The molecule has 5 nitrogen and oxygen atoms in total. The van der Waals surface area contributed by atoms with E-state index in [0.717, 1.165) is 24.6 Å². The third-order valence-corrected chi connectivity index (χ3v) is 3.50. The zero-order valence-electron chi connectivity index (χ0n) is 8.89. The van der Waals surface area contributed by atoms with Crippen LogP contribution in [-0.4, -0.2) is 27.0 Å². The molecule has 0 radical (unpaired) electrons. The highest BCUT2D eigenvalue weighted by atomic mass is 32.2. The first-order valence-electron chi connectivity index (χ1n) is 5.43. The summed E-state index contributed by atoms with van der Waals surface area (Å²) in [5.41, 5.74) is 0. The number of carbonyl (C=O) groups is 1. The zero-order chi connectivity index (χ0) is 11.4. The molecule has 1 fully saturated rings. The number of hydrogen-bond acceptors (Lipinski definition) is 5. The van der Waals surface area contributed by atoms with Crippen molar-refractivity contribution >= 4 is 17.7 Å². The Balaban J connectivity index is 1.93. The van der Waals surface area contributed by atoms with Gasteiger partial charge in [-0.3, -0.25) is 4.79 Å². The largest absolute Gasteiger partial charge is 0.481 e. The summed E-state index contributed by atoms with van der Waals surface area (Å²) in [4.78, 5) is 10.4. The van der Waals surface area contributed by atoms with Gasteiger partial charge in [0.15, 0.2) is 0 Å². The van der Waals surface area contributed by atoms with Gasteiger partial charge in [-0.1, -0.05) is 31.0 Å². The van der Waals surface area contributed by atoms with E-state index in [4.69, 9.17) is 9.52 Å². The quantitative estimate of drug-likeness (QED) is 0.816. The van der Waals surface area contributed by atoms with Gasteiger partial charge >= 0.3 is 5.97 Å². The molecule has 0 amide bonds. The molecule has 0 bridgehead atoms. The standard InChI is InChI=1S/C10H14N2O3S/c13-8(14)6-16-10-12-11-9(15-10)7-4-2-1-3-5-7/h7H,1-6H2,(H,13,14). The van der Waals surface area contributed by atoms with Crippen molar-refractivity contribution < 1.29 is 14.3 Å². The number of nitrogens with zero attached hydrogens (tertiary/aromatic N) is 2. The highest BCUT2D eigenvalue weighted by Crippen LogP contribution is 2.32. The molecule has 1 aromatic heterocycles. The minimum Gasteiger partial charge on any atom is -0.481 e. The van der Waals surface area contributed by atoms with Crippen molar-refractivity contribution in [1.29, 1.82) is 0 Å². The number of carboxylic acid groups (broad SMARTS) is 1. The van der Waals surface area contributed by atoms with Crippen LogP contribution < -0.4 is 0 Å². The first-order chi connectivity index (χ1) is 7.75. The molecule has 1 aromatic rings. The van der Waals surface area contributed by atoms with E-state index in [-0.39, 0.29) is 5.75 Å². The van der Waals surface area contributed by atoms with Crippen LogP contribution in [0.25, 0.3) is 0 Å². The molecular formula is C10H14N2O3S. The van der Waals surface area contributed by atoms with Gasteiger partial charge in [-0.25, -0.2) is 0 Å². The third-order valence-electron chi connectivity index (χ3n) is 2.70. The maximum Gasteiger partial charge on any atom is 0.314 e. The molecule has 0 spiro atoms. The predicted molar refractivity (Wildman–Crippen MR) is 58.5 cm³/mol. The fraction of sp³-hybridized carbons (Fsp3) is 0.700. The summed E-state index contributed by atoms with van der Waals surface area (Å²) in [7, 11) is 0. The Bertz CT molecular complexity index is 361. The van der Waals surface area contributed by atoms with Gasteiger partial charge < -0.3 is 9.52 Å². The molecule has 0 atom stereocenters. The lowest BCUT2D eigenvalue weighted by molar-refractivity contribution is -0.133. The average molecular weight is 242 g/mol. The van der Waals surface area contributed by atoms with Crippen molar-refractivity contribution in [3.63, 3.8) is 0 Å². The van der Waals surface area contributed by atoms with Crippen LogP contribution in [0, 0.1) is 0 Å². The van der Waals surface area contributed by atoms with Gasteiger partial charge in [0.1, 0.15) is 5.75 Å². The maximum absolute atomic E-state index is 10.4. The van der Waals surface area contributed by atoms with Gasteiger partial charge in [-0.2, -0.15) is 0 Å². The van der Waals surface area contributed by atoms with E-state index in [1.165, 1.54) is 19.3 Å². The summed E-state index contributed by atoms with van der Waals surface area (Å²) in [6, 6.07) is 0. The Morgan fingerprint density at radius 3 is 2.81 bits per heavy atom. The van der Waals surface area contributed by atoms with Gasteiger partial charge in [-0.15, -0.1) is 10.2 Å². The summed E-state index contributed by atoms with van der Waals surface area (Å²) >= 11 is 1.07. The molecule has 1 N–H and O–H groups in total. The zero-order valence-corrected chi connectivity index (χ0v) is 9.70. The SMILES string of the molecule is O=C(O)CSc1nnc(C2CCCCC2)o1. The molecule has 1 heterocycles. The summed E-state index contributed by atoms with van der Waals surface area (Å²) in [5.74, 6) is 0.141. The molecule has 6 heteroatoms. The van der Waals surface area contributed by atoms with E-state index in [1.54, 1.807) is 0 Å². The average Bonchev–Trinajstić information content (AvgIpc) is 2.76. The van der Waals surface area contributed by atoms with Crippen LogP contribution in [0.15, 0.2) is 9.64 Å². The van der Waals surface area contributed by atoms with Gasteiger partial charge in [0.25, 0.3) is 5.22 Å². The van der Waals surface area contributed by atoms with Crippen molar-refractivity contribution in [2.45, 2.75) is 43.2 Å². The van der Waals surface area contributed by atoms with E-state index >= 15 is 0 Å². The molecule has 1 aliphatic rings. The van der Waals surface area contributed by atoms with E-state index in [0.29, 0.717) is 17.0 Å². The van der Waals surface area contributed by atoms with Crippen molar-refractivity contribution in [2.75, 3.05) is 5.75 Å². The Labute approximate surface area is 97.6 Å². The molecule has 0 aliphatic heterocycles. The smallest absolute Gasteiger partial charge is 0.314 e. The number of aromatic nitrogens is 2. The first kappa shape index (κ1) is 11.4. The van der Waals surface area contributed by atoms with Crippen LogP contribution in [-0.2, 0) is 4.79 Å². The van der Waals surface area contributed by atoms with Crippen LogP contribution in [0.5, 0.6) is 0 Å². The number of thioether (sulfide) groups is 1. The molecule has 1 aliphatic carbocycles. The highest BCUT2D eigenvalue weighted by molar-refractivity contribution is 7.99. The minimum atomic E-state index is -0.873. The van der Waals surface area contributed by atoms with Crippen molar-refractivity contribution in [2.24, 2.45) is 0 Å². The van der Waals surface area contributed by atoms with E-state index in [9.17, 15) is 4.79 Å². The number of aliphatic carboxylic acids is 1. The third kappa shape index (κ3) is 2.98. The molecule has 0 aromatic carbocycles. The summed E-state index contributed by atoms with van der Waals surface area (Å²) in [6.07, 6.45) is 5.91. The Morgan fingerprint density at radius 2 is 2.12 bits per heavy atom. The molecular weight excluding hydrogens is 228 g/mol. The van der Waals surface area contributed by atoms with Crippen LogP contribution in [0.2, 0.25) is 0 Å². The van der Waals surface area contributed by atoms with Crippen LogP contribution in [0.1, 0.15) is 43.9 Å². The van der Waals surface area contributed by atoms with Crippen molar-refractivity contribution in [3.05, 3.63) is 5.89 Å². The lowest BCUT2D eigenvalue weighted by Gasteiger charge is -2.17. The molecule has 88 valence electrons. The van der Waals surface area contributed by atoms with Gasteiger partial charge in [0, 0.05) is 5.92 Å². The second-order valence-electron chi connectivity index (χ2n) is 3.92. The number of hydrogen-bond donors (Lipinski definition) is 1. The lowest BCUT2D eigenvalue weighted by Crippen LogP contribution is -2.04.